The Kier molecular flexibility index (Phi) is 7.12. The summed E-state index contributed by atoms with van der Waals surface area (Å²) in [5, 5.41) is 1.72. The summed E-state index contributed by atoms with van der Waals surface area (Å²) in [6.07, 6.45) is 1.42. The number of carbonyl (C=O) groups is 2. The monoisotopic (exact) mass is 469 g/mol. The molecule has 1 fully saturated rings. The Morgan fingerprint density at radius 1 is 1.17 bits per heavy atom. The first-order chi connectivity index (χ1) is 13.4. The number of amides is 3. The molecule has 0 atom stereocenters. The Balaban J connectivity index is 2.52. The molecule has 0 spiro atoms. The van der Waals surface area contributed by atoms with E-state index < -0.39 is 65.7 Å². The van der Waals surface area contributed by atoms with Crippen molar-refractivity contribution in [1.29, 1.82) is 0 Å². The molecule has 1 saturated heterocycles. The SMILES string of the molecule is CCS(=O)(=O)N(c1cc(NC(=O)N2CCCCC2=O)c(F)cc1Cl)S(=O)(=O)CC. The summed E-state index contributed by atoms with van der Waals surface area (Å²) in [6, 6.07) is 0.628. The van der Waals surface area contributed by atoms with Gasteiger partial charge in [0.05, 0.1) is 27.9 Å². The molecule has 1 aliphatic rings. The first-order valence-corrected chi connectivity index (χ1v) is 12.4. The van der Waals surface area contributed by atoms with Crippen molar-refractivity contribution in [2.24, 2.45) is 0 Å². The highest BCUT2D eigenvalue weighted by atomic mass is 35.5. The summed E-state index contributed by atoms with van der Waals surface area (Å²) in [6.45, 7) is 2.65. The normalized spacial score (nSPS) is 15.3. The Bertz CT molecular complexity index is 995. The summed E-state index contributed by atoms with van der Waals surface area (Å²) in [5.41, 5.74) is -1.02. The van der Waals surface area contributed by atoms with Crippen molar-refractivity contribution in [3.8, 4) is 0 Å². The van der Waals surface area contributed by atoms with Crippen LogP contribution >= 0.6 is 11.6 Å². The lowest BCUT2D eigenvalue weighted by molar-refractivity contribution is -0.129. The average molecular weight is 470 g/mol. The topological polar surface area (TPSA) is 121 Å². The number of carbonyl (C=O) groups excluding carboxylic acids is 2. The second kappa shape index (κ2) is 8.84. The number of hydrogen-bond acceptors (Lipinski definition) is 6. The molecule has 13 heteroatoms. The third kappa shape index (κ3) is 4.98. The molecule has 29 heavy (non-hydrogen) atoms. The molecule has 1 N–H and O–H groups in total. The van der Waals surface area contributed by atoms with E-state index in [1.165, 1.54) is 13.8 Å². The molecule has 9 nitrogen and oxygen atoms in total. The van der Waals surface area contributed by atoms with Crippen LogP contribution in [-0.4, -0.2) is 51.7 Å². The predicted molar refractivity (Wildman–Crippen MR) is 107 cm³/mol. The second-order valence-corrected chi connectivity index (χ2v) is 11.1. The highest BCUT2D eigenvalue weighted by Gasteiger charge is 2.34. The molecule has 0 saturated carbocycles. The van der Waals surface area contributed by atoms with Crippen LogP contribution in [0, 0.1) is 5.82 Å². The van der Waals surface area contributed by atoms with Gasteiger partial charge >= 0.3 is 6.03 Å². The maximum Gasteiger partial charge on any atom is 0.328 e. The molecule has 0 aromatic heterocycles. The predicted octanol–water partition coefficient (Wildman–Crippen LogP) is 2.53. The van der Waals surface area contributed by atoms with E-state index in [1.807, 2.05) is 0 Å². The quantitative estimate of drug-likeness (QED) is 0.683. The minimum absolute atomic E-state index is 0.142. The molecule has 1 aromatic rings. The molecule has 0 bridgehead atoms. The molecule has 0 unspecified atom stereocenters. The molecular formula is C16H21ClFN3O6S2. The van der Waals surface area contributed by atoms with Crippen LogP contribution in [0.5, 0.6) is 0 Å². The van der Waals surface area contributed by atoms with Crippen molar-refractivity contribution < 1.29 is 30.8 Å². The van der Waals surface area contributed by atoms with Gasteiger partial charge in [-0.25, -0.2) is 26.0 Å². The van der Waals surface area contributed by atoms with Crippen molar-refractivity contribution in [2.75, 3.05) is 27.1 Å². The number of urea groups is 1. The van der Waals surface area contributed by atoms with Crippen LogP contribution < -0.4 is 9.03 Å². The van der Waals surface area contributed by atoms with Crippen LogP contribution in [0.2, 0.25) is 5.02 Å². The van der Waals surface area contributed by atoms with E-state index in [1.54, 1.807) is 0 Å². The van der Waals surface area contributed by atoms with Gasteiger partial charge in [0.2, 0.25) is 26.0 Å². The molecule has 1 aliphatic heterocycles. The molecule has 0 aliphatic carbocycles. The van der Waals surface area contributed by atoms with Gasteiger partial charge in [-0.05, 0) is 38.8 Å². The van der Waals surface area contributed by atoms with Gasteiger partial charge in [0.1, 0.15) is 5.82 Å². The van der Waals surface area contributed by atoms with Gasteiger partial charge in [0.25, 0.3) is 0 Å². The zero-order chi connectivity index (χ0) is 22.0. The first-order valence-electron chi connectivity index (χ1n) is 8.80. The van der Waals surface area contributed by atoms with Gasteiger partial charge in [0, 0.05) is 13.0 Å². The fourth-order valence-corrected chi connectivity index (χ4v) is 6.41. The summed E-state index contributed by atoms with van der Waals surface area (Å²) in [4.78, 5) is 25.1. The van der Waals surface area contributed by atoms with Crippen LogP contribution in [-0.2, 0) is 24.8 Å². The van der Waals surface area contributed by atoms with E-state index in [-0.39, 0.29) is 16.7 Å². The highest BCUT2D eigenvalue weighted by molar-refractivity contribution is 8.10. The van der Waals surface area contributed by atoms with Gasteiger partial charge in [-0.15, -0.1) is 0 Å². The van der Waals surface area contributed by atoms with E-state index in [0.717, 1.165) is 11.0 Å². The Hall–Kier alpha value is -1.92. The highest BCUT2D eigenvalue weighted by Crippen LogP contribution is 2.35. The Morgan fingerprint density at radius 3 is 2.28 bits per heavy atom. The lowest BCUT2D eigenvalue weighted by Crippen LogP contribution is -2.43. The third-order valence-electron chi connectivity index (χ3n) is 4.28. The zero-order valence-electron chi connectivity index (χ0n) is 15.8. The van der Waals surface area contributed by atoms with Crippen LogP contribution in [0.1, 0.15) is 33.1 Å². The summed E-state index contributed by atoms with van der Waals surface area (Å²) >= 11 is 5.94. The number of imide groups is 1. The van der Waals surface area contributed by atoms with Gasteiger partial charge in [-0.2, -0.15) is 3.71 Å². The van der Waals surface area contributed by atoms with Gasteiger partial charge < -0.3 is 5.32 Å². The van der Waals surface area contributed by atoms with Gasteiger partial charge in [0.15, 0.2) is 0 Å². The van der Waals surface area contributed by atoms with Crippen molar-refractivity contribution >= 4 is 55.0 Å². The fraction of sp³-hybridized carbons (Fsp3) is 0.500. The molecule has 3 amide bonds. The molecule has 162 valence electrons. The van der Waals surface area contributed by atoms with Crippen LogP contribution in [0.15, 0.2) is 12.1 Å². The Morgan fingerprint density at radius 2 is 1.76 bits per heavy atom. The van der Waals surface area contributed by atoms with E-state index >= 15 is 0 Å². The van der Waals surface area contributed by atoms with Crippen LogP contribution in [0.4, 0.5) is 20.6 Å². The lowest BCUT2D eigenvalue weighted by atomic mass is 10.1. The molecular weight excluding hydrogens is 449 g/mol. The minimum atomic E-state index is -4.33. The zero-order valence-corrected chi connectivity index (χ0v) is 18.2. The maximum absolute atomic E-state index is 14.4. The first kappa shape index (κ1) is 23.4. The number of hydrogen-bond donors (Lipinski definition) is 1. The minimum Gasteiger partial charge on any atom is -0.305 e. The standard InChI is InChI=1S/C16H21ClFN3O6S2/c1-3-28(24,25)21(29(26,27)4-2)14-10-13(12(18)9-11(14)17)19-16(23)20-8-6-5-7-15(20)22/h9-10H,3-8H2,1-2H3,(H,19,23). The number of nitrogens with one attached hydrogen (secondary N) is 1. The molecule has 1 heterocycles. The largest absolute Gasteiger partial charge is 0.328 e. The number of rotatable bonds is 6. The van der Waals surface area contributed by atoms with E-state index in [2.05, 4.69) is 5.32 Å². The lowest BCUT2D eigenvalue weighted by Gasteiger charge is -2.26. The average Bonchev–Trinajstić information content (AvgIpc) is 2.65. The number of nitrogens with zero attached hydrogens (tertiary/aromatic N) is 2. The Labute approximate surface area is 173 Å². The molecule has 2 rings (SSSR count). The maximum atomic E-state index is 14.4. The van der Waals surface area contributed by atoms with Crippen molar-refractivity contribution in [2.45, 2.75) is 33.1 Å². The van der Waals surface area contributed by atoms with Crippen molar-refractivity contribution in [3.05, 3.63) is 23.0 Å². The van der Waals surface area contributed by atoms with Gasteiger partial charge in [-0.1, -0.05) is 11.6 Å². The fourth-order valence-electron chi connectivity index (χ4n) is 2.68. The van der Waals surface area contributed by atoms with E-state index in [9.17, 15) is 30.8 Å². The second-order valence-electron chi connectivity index (χ2n) is 6.21. The van der Waals surface area contributed by atoms with Gasteiger partial charge in [-0.3, -0.25) is 9.69 Å². The molecule has 1 aromatic carbocycles. The van der Waals surface area contributed by atoms with Crippen LogP contribution in [0.3, 0.4) is 0 Å². The number of piperidine rings is 1. The summed E-state index contributed by atoms with van der Waals surface area (Å²) in [5.74, 6) is -2.54. The smallest absolute Gasteiger partial charge is 0.305 e. The summed E-state index contributed by atoms with van der Waals surface area (Å²) in [7, 11) is -8.66. The van der Waals surface area contributed by atoms with Crippen molar-refractivity contribution in [1.82, 2.24) is 4.90 Å². The number of benzene rings is 1. The van der Waals surface area contributed by atoms with Crippen molar-refractivity contribution in [3.63, 3.8) is 0 Å². The third-order valence-corrected chi connectivity index (χ3v) is 8.81. The van der Waals surface area contributed by atoms with E-state index in [0.29, 0.717) is 18.9 Å². The number of likely N-dealkylation sites (tertiary alicyclic amines) is 1. The number of halogens is 2. The molecule has 0 radical (unpaired) electrons. The number of sulfonamides is 2. The number of anilines is 2. The van der Waals surface area contributed by atoms with Crippen LogP contribution in [0.25, 0.3) is 0 Å². The summed E-state index contributed by atoms with van der Waals surface area (Å²) < 4.78 is 64.2. The van der Waals surface area contributed by atoms with E-state index in [4.69, 9.17) is 11.6 Å².